The summed E-state index contributed by atoms with van der Waals surface area (Å²) in [5.41, 5.74) is 0.532. The van der Waals surface area contributed by atoms with Crippen molar-refractivity contribution < 1.29 is 18.3 Å². The Bertz CT molecular complexity index is 617. The Kier molecular flexibility index (Phi) is 5.25. The van der Waals surface area contributed by atoms with E-state index in [0.29, 0.717) is 5.56 Å². The van der Waals surface area contributed by atoms with Gasteiger partial charge in [0.05, 0.1) is 23.3 Å². The molecule has 0 fully saturated rings. The summed E-state index contributed by atoms with van der Waals surface area (Å²) in [5, 5.41) is 17.4. The predicted molar refractivity (Wildman–Crippen MR) is 72.4 cm³/mol. The number of carbonyl (C=O) groups is 1. The molecule has 0 amide bonds. The minimum Gasteiger partial charge on any atom is -0.481 e. The van der Waals surface area contributed by atoms with Crippen LogP contribution in [0.25, 0.3) is 0 Å². The van der Waals surface area contributed by atoms with Crippen molar-refractivity contribution >= 4 is 16.0 Å². The van der Waals surface area contributed by atoms with Crippen LogP contribution in [0.3, 0.4) is 0 Å². The predicted octanol–water partition coefficient (Wildman–Crippen LogP) is 1.09. The molecule has 0 aliphatic heterocycles. The first-order valence-corrected chi connectivity index (χ1v) is 7.38. The van der Waals surface area contributed by atoms with Crippen LogP contribution in [0.15, 0.2) is 29.2 Å². The number of sulfonamides is 1. The first-order valence-electron chi connectivity index (χ1n) is 5.94. The van der Waals surface area contributed by atoms with Gasteiger partial charge < -0.3 is 5.11 Å². The van der Waals surface area contributed by atoms with Gasteiger partial charge in [-0.05, 0) is 24.6 Å². The van der Waals surface area contributed by atoms with Crippen molar-refractivity contribution in [2.24, 2.45) is 5.92 Å². The number of hydrogen-bond acceptors (Lipinski definition) is 4. The van der Waals surface area contributed by atoms with Crippen molar-refractivity contribution in [3.05, 3.63) is 29.8 Å². The molecule has 0 aliphatic carbocycles. The van der Waals surface area contributed by atoms with E-state index in [1.54, 1.807) is 6.92 Å². The highest BCUT2D eigenvalue weighted by Gasteiger charge is 2.22. The standard InChI is InChI=1S/C13H16N2O4S/c1-10(8-14)9-15(2)20(18,19)12-5-3-11(4-6-12)7-13(16)17/h3-6,10H,7,9H2,1-2H3,(H,16,17). The molecule has 1 atom stereocenters. The van der Waals surface area contributed by atoms with Crippen molar-refractivity contribution in [3.8, 4) is 6.07 Å². The third-order valence-electron chi connectivity index (χ3n) is 2.74. The number of nitriles is 1. The average Bonchev–Trinajstić information content (AvgIpc) is 2.38. The topological polar surface area (TPSA) is 98.5 Å². The normalized spacial score (nSPS) is 12.9. The second-order valence-electron chi connectivity index (χ2n) is 4.53. The van der Waals surface area contributed by atoms with E-state index in [0.717, 1.165) is 4.31 Å². The van der Waals surface area contributed by atoms with E-state index in [-0.39, 0.29) is 17.9 Å². The Balaban J connectivity index is 2.93. The lowest BCUT2D eigenvalue weighted by molar-refractivity contribution is -0.136. The molecular weight excluding hydrogens is 280 g/mol. The fourth-order valence-corrected chi connectivity index (χ4v) is 2.92. The zero-order chi connectivity index (χ0) is 15.3. The van der Waals surface area contributed by atoms with Gasteiger partial charge in [0, 0.05) is 13.6 Å². The molecule has 1 aromatic rings. The van der Waals surface area contributed by atoms with E-state index in [2.05, 4.69) is 0 Å². The van der Waals surface area contributed by atoms with Gasteiger partial charge in [-0.2, -0.15) is 9.57 Å². The lowest BCUT2D eigenvalue weighted by Crippen LogP contribution is -2.30. The van der Waals surface area contributed by atoms with E-state index in [1.165, 1.54) is 31.3 Å². The zero-order valence-corrected chi connectivity index (χ0v) is 12.1. The highest BCUT2D eigenvalue weighted by Crippen LogP contribution is 2.16. The molecule has 1 N–H and O–H groups in total. The Hall–Kier alpha value is -1.91. The fourth-order valence-electron chi connectivity index (χ4n) is 1.66. The maximum Gasteiger partial charge on any atom is 0.307 e. The van der Waals surface area contributed by atoms with Gasteiger partial charge in [-0.25, -0.2) is 8.42 Å². The highest BCUT2D eigenvalue weighted by molar-refractivity contribution is 7.89. The summed E-state index contributed by atoms with van der Waals surface area (Å²) >= 11 is 0. The van der Waals surface area contributed by atoms with E-state index in [1.807, 2.05) is 6.07 Å². The van der Waals surface area contributed by atoms with Crippen molar-refractivity contribution in [2.75, 3.05) is 13.6 Å². The smallest absolute Gasteiger partial charge is 0.307 e. The van der Waals surface area contributed by atoms with E-state index < -0.39 is 21.9 Å². The summed E-state index contributed by atoms with van der Waals surface area (Å²) < 4.78 is 25.6. The lowest BCUT2D eigenvalue weighted by atomic mass is 10.2. The molecular formula is C13H16N2O4S. The number of carboxylic acid groups (broad SMARTS) is 1. The van der Waals surface area contributed by atoms with E-state index in [9.17, 15) is 13.2 Å². The van der Waals surface area contributed by atoms with Crippen molar-refractivity contribution in [1.82, 2.24) is 4.31 Å². The SMILES string of the molecule is CC(C#N)CN(C)S(=O)(=O)c1ccc(CC(=O)O)cc1. The molecule has 0 radical (unpaired) electrons. The Morgan fingerprint density at radius 3 is 2.40 bits per heavy atom. The van der Waals surface area contributed by atoms with Crippen LogP contribution < -0.4 is 0 Å². The van der Waals surface area contributed by atoms with Crippen LogP contribution in [0, 0.1) is 17.2 Å². The largest absolute Gasteiger partial charge is 0.481 e. The third kappa shape index (κ3) is 4.05. The van der Waals surface area contributed by atoms with Gasteiger partial charge in [0.25, 0.3) is 0 Å². The molecule has 0 heterocycles. The van der Waals surface area contributed by atoms with Crippen LogP contribution in [0.5, 0.6) is 0 Å². The molecule has 108 valence electrons. The first kappa shape index (κ1) is 16.1. The van der Waals surface area contributed by atoms with Gasteiger partial charge >= 0.3 is 5.97 Å². The first-order chi connectivity index (χ1) is 9.27. The molecule has 0 aliphatic rings. The van der Waals surface area contributed by atoms with Crippen LogP contribution in [-0.4, -0.2) is 37.4 Å². The number of nitrogens with zero attached hydrogens (tertiary/aromatic N) is 2. The summed E-state index contributed by atoms with van der Waals surface area (Å²) in [6, 6.07) is 7.68. The van der Waals surface area contributed by atoms with Crippen LogP contribution >= 0.6 is 0 Å². The number of hydrogen-bond donors (Lipinski definition) is 1. The molecule has 20 heavy (non-hydrogen) atoms. The number of aliphatic carboxylic acids is 1. The summed E-state index contributed by atoms with van der Waals surface area (Å²) in [5.74, 6) is -1.37. The molecule has 1 aromatic carbocycles. The summed E-state index contributed by atoms with van der Waals surface area (Å²) in [6.07, 6.45) is -0.151. The molecule has 0 saturated heterocycles. The van der Waals surface area contributed by atoms with E-state index >= 15 is 0 Å². The molecule has 0 spiro atoms. The summed E-state index contributed by atoms with van der Waals surface area (Å²) in [6.45, 7) is 1.75. The van der Waals surface area contributed by atoms with Crippen molar-refractivity contribution in [2.45, 2.75) is 18.2 Å². The maximum atomic E-state index is 12.2. The number of carboxylic acids is 1. The Morgan fingerprint density at radius 1 is 1.40 bits per heavy atom. The lowest BCUT2D eigenvalue weighted by Gasteiger charge is -2.18. The Morgan fingerprint density at radius 2 is 1.95 bits per heavy atom. The maximum absolute atomic E-state index is 12.2. The number of benzene rings is 1. The molecule has 7 heteroatoms. The third-order valence-corrected chi connectivity index (χ3v) is 4.58. The molecule has 1 rings (SSSR count). The second kappa shape index (κ2) is 6.50. The Labute approximate surface area is 118 Å². The van der Waals surface area contributed by atoms with Gasteiger partial charge in [0.2, 0.25) is 10.0 Å². The fraction of sp³-hybridized carbons (Fsp3) is 0.385. The second-order valence-corrected chi connectivity index (χ2v) is 6.58. The van der Waals surface area contributed by atoms with Crippen molar-refractivity contribution in [1.29, 1.82) is 5.26 Å². The van der Waals surface area contributed by atoms with Crippen LogP contribution in [0.1, 0.15) is 12.5 Å². The quantitative estimate of drug-likeness (QED) is 0.847. The van der Waals surface area contributed by atoms with Gasteiger partial charge in [0.15, 0.2) is 0 Å². The van der Waals surface area contributed by atoms with Gasteiger partial charge in [-0.1, -0.05) is 12.1 Å². The van der Waals surface area contributed by atoms with Gasteiger partial charge in [0.1, 0.15) is 0 Å². The minimum absolute atomic E-state index is 0.0827. The zero-order valence-electron chi connectivity index (χ0n) is 11.3. The van der Waals surface area contributed by atoms with Crippen molar-refractivity contribution in [3.63, 3.8) is 0 Å². The average molecular weight is 296 g/mol. The summed E-state index contributed by atoms with van der Waals surface area (Å²) in [7, 11) is -2.24. The monoisotopic (exact) mass is 296 g/mol. The van der Waals surface area contributed by atoms with Crippen LogP contribution in [-0.2, 0) is 21.2 Å². The molecule has 6 nitrogen and oxygen atoms in total. The van der Waals surface area contributed by atoms with Crippen LogP contribution in [0.2, 0.25) is 0 Å². The van der Waals surface area contributed by atoms with E-state index in [4.69, 9.17) is 10.4 Å². The molecule has 0 saturated carbocycles. The molecule has 0 aromatic heterocycles. The van der Waals surface area contributed by atoms with Gasteiger partial charge in [-0.15, -0.1) is 0 Å². The molecule has 0 bridgehead atoms. The summed E-state index contributed by atoms with van der Waals surface area (Å²) in [4.78, 5) is 10.6. The van der Waals surface area contributed by atoms with Gasteiger partial charge in [-0.3, -0.25) is 4.79 Å². The minimum atomic E-state index is -3.65. The molecule has 1 unspecified atom stereocenters. The number of rotatable bonds is 6. The highest BCUT2D eigenvalue weighted by atomic mass is 32.2. The van der Waals surface area contributed by atoms with Crippen LogP contribution in [0.4, 0.5) is 0 Å².